The minimum absolute atomic E-state index is 0.00527. The van der Waals surface area contributed by atoms with E-state index in [1.807, 2.05) is 0 Å². The largest absolute Gasteiger partial charge is 0.336 e. The number of benzene rings is 1. The molecule has 0 radical (unpaired) electrons. The zero-order chi connectivity index (χ0) is 14.3. The van der Waals surface area contributed by atoms with Crippen molar-refractivity contribution in [3.8, 4) is 0 Å². The fraction of sp³-hybridized carbons (Fsp3) is 0.286. The van der Waals surface area contributed by atoms with Crippen molar-refractivity contribution in [2.45, 2.75) is 19.3 Å². The van der Waals surface area contributed by atoms with Gasteiger partial charge in [0.15, 0.2) is 0 Å². The number of Topliss-reactive ketones (excluding diaryl/α,β-unsaturated/α-hetero) is 1. The first-order valence-electron chi connectivity index (χ1n) is 6.29. The molecular formula is C14H11NO5. The van der Waals surface area contributed by atoms with E-state index in [4.69, 9.17) is 4.84 Å². The Morgan fingerprint density at radius 2 is 1.70 bits per heavy atom. The first-order valence-corrected chi connectivity index (χ1v) is 6.29. The number of rotatable bonds is 2. The Bertz CT molecular complexity index is 601. The normalized spacial score (nSPS) is 21.3. The van der Waals surface area contributed by atoms with Crippen molar-refractivity contribution < 1.29 is 24.0 Å². The van der Waals surface area contributed by atoms with Gasteiger partial charge in [0.05, 0.1) is 17.0 Å². The number of nitrogens with zero attached hydrogens (tertiary/aromatic N) is 1. The number of carbonyl (C=O) groups is 4. The Morgan fingerprint density at radius 3 is 2.20 bits per heavy atom. The predicted molar refractivity (Wildman–Crippen MR) is 65.4 cm³/mol. The summed E-state index contributed by atoms with van der Waals surface area (Å²) in [4.78, 5) is 51.9. The Balaban J connectivity index is 1.77. The van der Waals surface area contributed by atoms with Crippen LogP contribution in [0.1, 0.15) is 40.0 Å². The van der Waals surface area contributed by atoms with E-state index < -0.39 is 23.7 Å². The minimum Gasteiger partial charge on any atom is -0.329 e. The molecule has 1 fully saturated rings. The summed E-state index contributed by atoms with van der Waals surface area (Å²) in [6.45, 7) is 0. The van der Waals surface area contributed by atoms with Crippen LogP contribution < -0.4 is 0 Å². The highest BCUT2D eigenvalue weighted by molar-refractivity contribution is 6.20. The topological polar surface area (TPSA) is 80.8 Å². The maximum atomic E-state index is 12.0. The van der Waals surface area contributed by atoms with E-state index >= 15 is 0 Å². The first kappa shape index (κ1) is 12.5. The van der Waals surface area contributed by atoms with Gasteiger partial charge in [-0.1, -0.05) is 17.2 Å². The number of carbonyl (C=O) groups excluding carboxylic acids is 4. The lowest BCUT2D eigenvalue weighted by Gasteiger charge is -2.15. The van der Waals surface area contributed by atoms with Gasteiger partial charge in [-0.2, -0.15) is 0 Å². The molecule has 6 nitrogen and oxygen atoms in total. The summed E-state index contributed by atoms with van der Waals surface area (Å²) < 4.78 is 0. The van der Waals surface area contributed by atoms with Crippen molar-refractivity contribution in [3.05, 3.63) is 35.4 Å². The number of hydrogen-bond acceptors (Lipinski definition) is 5. The van der Waals surface area contributed by atoms with Crippen LogP contribution in [0.2, 0.25) is 0 Å². The molecular weight excluding hydrogens is 262 g/mol. The zero-order valence-corrected chi connectivity index (χ0v) is 10.5. The van der Waals surface area contributed by atoms with Gasteiger partial charge in [0, 0.05) is 12.8 Å². The highest BCUT2D eigenvalue weighted by atomic mass is 16.7. The van der Waals surface area contributed by atoms with Crippen molar-refractivity contribution in [3.63, 3.8) is 0 Å². The molecule has 6 heteroatoms. The smallest absolute Gasteiger partial charge is 0.329 e. The summed E-state index contributed by atoms with van der Waals surface area (Å²) in [6.07, 6.45) is 0.852. The van der Waals surface area contributed by atoms with Crippen molar-refractivity contribution in [1.29, 1.82) is 0 Å². The fourth-order valence-electron chi connectivity index (χ4n) is 2.43. The Hall–Kier alpha value is -2.50. The fourth-order valence-corrected chi connectivity index (χ4v) is 2.43. The summed E-state index contributed by atoms with van der Waals surface area (Å²) in [6, 6.07) is 6.26. The van der Waals surface area contributed by atoms with Gasteiger partial charge in [0.2, 0.25) is 0 Å². The number of hydroxylamine groups is 2. The van der Waals surface area contributed by atoms with Crippen molar-refractivity contribution >= 4 is 23.6 Å². The van der Waals surface area contributed by atoms with Crippen LogP contribution in [0.25, 0.3) is 0 Å². The summed E-state index contributed by atoms with van der Waals surface area (Å²) in [5.41, 5.74) is 0.431. The van der Waals surface area contributed by atoms with Crippen LogP contribution in [-0.4, -0.2) is 28.6 Å². The van der Waals surface area contributed by atoms with Crippen LogP contribution >= 0.6 is 0 Å². The van der Waals surface area contributed by atoms with Gasteiger partial charge < -0.3 is 4.84 Å². The Kier molecular flexibility index (Phi) is 2.85. The van der Waals surface area contributed by atoms with E-state index in [0.29, 0.717) is 17.9 Å². The molecule has 2 amide bonds. The lowest BCUT2D eigenvalue weighted by atomic mass is 10.1. The molecule has 2 aliphatic rings. The molecule has 1 heterocycles. The van der Waals surface area contributed by atoms with Crippen molar-refractivity contribution in [2.75, 3.05) is 0 Å². The molecule has 0 spiro atoms. The zero-order valence-electron chi connectivity index (χ0n) is 10.5. The third-order valence-corrected chi connectivity index (χ3v) is 3.52. The summed E-state index contributed by atoms with van der Waals surface area (Å²) in [5.74, 6) is -2.57. The molecule has 1 atom stereocenters. The Morgan fingerprint density at radius 1 is 1.10 bits per heavy atom. The van der Waals surface area contributed by atoms with Crippen LogP contribution in [0.3, 0.4) is 0 Å². The molecule has 0 saturated heterocycles. The van der Waals surface area contributed by atoms with Gasteiger partial charge >= 0.3 is 5.97 Å². The lowest BCUT2D eigenvalue weighted by Crippen LogP contribution is -2.34. The molecule has 1 aliphatic carbocycles. The van der Waals surface area contributed by atoms with E-state index in [9.17, 15) is 19.2 Å². The van der Waals surface area contributed by atoms with Gasteiger partial charge in [0.1, 0.15) is 5.78 Å². The van der Waals surface area contributed by atoms with Crippen molar-refractivity contribution in [2.24, 2.45) is 5.92 Å². The van der Waals surface area contributed by atoms with Crippen LogP contribution in [0, 0.1) is 5.92 Å². The van der Waals surface area contributed by atoms with Crippen molar-refractivity contribution in [1.82, 2.24) is 5.06 Å². The number of ketones is 1. The highest BCUT2D eigenvalue weighted by Gasteiger charge is 2.40. The maximum Gasteiger partial charge on any atom is 0.336 e. The molecule has 1 unspecified atom stereocenters. The SMILES string of the molecule is O=C1CCC(C(=O)ON2C(=O)c3ccccc3C2=O)C1. The third-order valence-electron chi connectivity index (χ3n) is 3.52. The molecule has 1 saturated carbocycles. The van der Waals surface area contributed by atoms with Gasteiger partial charge in [-0.25, -0.2) is 4.79 Å². The summed E-state index contributed by atoms with van der Waals surface area (Å²) >= 11 is 0. The molecule has 1 aromatic rings. The highest BCUT2D eigenvalue weighted by Crippen LogP contribution is 2.27. The monoisotopic (exact) mass is 273 g/mol. The summed E-state index contributed by atoms with van der Waals surface area (Å²) in [5, 5.41) is 0.482. The molecule has 0 bridgehead atoms. The molecule has 102 valence electrons. The van der Waals surface area contributed by atoms with Crippen LogP contribution in [0.5, 0.6) is 0 Å². The predicted octanol–water partition coefficient (Wildman–Crippen LogP) is 1.11. The van der Waals surface area contributed by atoms with Crippen LogP contribution in [0.4, 0.5) is 0 Å². The van der Waals surface area contributed by atoms with E-state index in [1.54, 1.807) is 12.1 Å². The number of hydrogen-bond donors (Lipinski definition) is 0. The minimum atomic E-state index is -0.703. The first-order chi connectivity index (χ1) is 9.58. The van der Waals surface area contributed by atoms with Crippen LogP contribution in [0.15, 0.2) is 24.3 Å². The maximum absolute atomic E-state index is 12.0. The number of fused-ring (bicyclic) bond motifs is 1. The molecule has 20 heavy (non-hydrogen) atoms. The average molecular weight is 273 g/mol. The van der Waals surface area contributed by atoms with E-state index in [-0.39, 0.29) is 23.3 Å². The second-order valence-corrected chi connectivity index (χ2v) is 4.84. The van der Waals surface area contributed by atoms with Gasteiger partial charge in [-0.3, -0.25) is 14.4 Å². The van der Waals surface area contributed by atoms with Gasteiger partial charge in [-0.15, -0.1) is 0 Å². The lowest BCUT2D eigenvalue weighted by molar-refractivity contribution is -0.173. The van der Waals surface area contributed by atoms with E-state index in [1.165, 1.54) is 12.1 Å². The average Bonchev–Trinajstić information content (AvgIpc) is 2.98. The molecule has 3 rings (SSSR count). The van der Waals surface area contributed by atoms with Crippen LogP contribution in [-0.2, 0) is 14.4 Å². The standard InChI is InChI=1S/C14H11NO5/c16-9-6-5-8(7-9)14(19)20-15-12(17)10-3-1-2-4-11(10)13(15)18/h1-4,8H,5-7H2. The molecule has 0 aromatic heterocycles. The third kappa shape index (κ3) is 1.89. The van der Waals surface area contributed by atoms with Gasteiger partial charge in [0.25, 0.3) is 11.8 Å². The van der Waals surface area contributed by atoms with E-state index in [0.717, 1.165) is 0 Å². The molecule has 1 aromatic carbocycles. The van der Waals surface area contributed by atoms with Gasteiger partial charge in [-0.05, 0) is 18.6 Å². The number of imide groups is 1. The summed E-state index contributed by atoms with van der Waals surface area (Å²) in [7, 11) is 0. The second-order valence-electron chi connectivity index (χ2n) is 4.84. The second kappa shape index (κ2) is 4.56. The quantitative estimate of drug-likeness (QED) is 0.754. The number of amides is 2. The van der Waals surface area contributed by atoms with E-state index in [2.05, 4.69) is 0 Å². The Labute approximate surface area is 114 Å². The molecule has 1 aliphatic heterocycles. The molecule has 0 N–H and O–H groups in total.